The molecule has 1 atom stereocenters. The number of carbonyl (C=O) groups excluding carboxylic acids is 2. The minimum atomic E-state index is -4.31. The van der Waals surface area contributed by atoms with Gasteiger partial charge < -0.3 is 16.0 Å². The second-order valence-corrected chi connectivity index (χ2v) is 11.0. The third-order valence-corrected chi connectivity index (χ3v) is 8.25. The van der Waals surface area contributed by atoms with Crippen LogP contribution in [-0.2, 0) is 27.9 Å². The van der Waals surface area contributed by atoms with Crippen LogP contribution in [0.5, 0.6) is 0 Å². The van der Waals surface area contributed by atoms with Crippen LogP contribution in [0.25, 0.3) is 0 Å². The van der Waals surface area contributed by atoms with E-state index in [9.17, 15) is 22.4 Å². The number of sulfonamides is 1. The molecular formula is C26H26ClFN4O4S. The smallest absolute Gasteiger partial charge is 0.259 e. The van der Waals surface area contributed by atoms with Crippen molar-refractivity contribution in [2.75, 3.05) is 13.1 Å². The summed E-state index contributed by atoms with van der Waals surface area (Å²) in [4.78, 5) is 27.8. The van der Waals surface area contributed by atoms with Crippen molar-refractivity contribution >= 4 is 33.4 Å². The van der Waals surface area contributed by atoms with E-state index in [0.29, 0.717) is 12.1 Å². The van der Waals surface area contributed by atoms with Crippen molar-refractivity contribution in [3.05, 3.63) is 99.8 Å². The van der Waals surface area contributed by atoms with Crippen LogP contribution in [0.3, 0.4) is 0 Å². The van der Waals surface area contributed by atoms with Crippen molar-refractivity contribution < 1.29 is 22.4 Å². The molecule has 0 saturated carbocycles. The number of nitrogens with one attached hydrogen (secondary N) is 1. The number of hydrogen-bond acceptors (Lipinski definition) is 5. The molecule has 4 rings (SSSR count). The van der Waals surface area contributed by atoms with Gasteiger partial charge >= 0.3 is 0 Å². The van der Waals surface area contributed by atoms with Crippen molar-refractivity contribution in [2.24, 2.45) is 5.73 Å². The zero-order valence-electron chi connectivity index (χ0n) is 20.0. The molecule has 1 heterocycles. The summed E-state index contributed by atoms with van der Waals surface area (Å²) in [5, 5.41) is 2.38. The van der Waals surface area contributed by atoms with Gasteiger partial charge in [-0.15, -0.1) is 0 Å². The van der Waals surface area contributed by atoms with Crippen LogP contribution in [0.15, 0.2) is 71.6 Å². The quantitative estimate of drug-likeness (QED) is 0.475. The monoisotopic (exact) mass is 544 g/mol. The first-order valence-corrected chi connectivity index (χ1v) is 13.3. The van der Waals surface area contributed by atoms with E-state index in [1.807, 2.05) is 25.1 Å². The highest BCUT2D eigenvalue weighted by Gasteiger charge is 2.46. The van der Waals surface area contributed by atoms with Gasteiger partial charge in [-0.2, -0.15) is 4.31 Å². The fourth-order valence-electron chi connectivity index (χ4n) is 4.12. The Morgan fingerprint density at radius 1 is 1.05 bits per heavy atom. The van der Waals surface area contributed by atoms with Crippen LogP contribution < -0.4 is 11.1 Å². The highest BCUT2D eigenvalue weighted by molar-refractivity contribution is 7.89. The van der Waals surface area contributed by atoms with Gasteiger partial charge in [-0.1, -0.05) is 53.6 Å². The maximum Gasteiger partial charge on any atom is 0.259 e. The van der Waals surface area contributed by atoms with Crippen molar-refractivity contribution in [1.29, 1.82) is 0 Å². The summed E-state index contributed by atoms with van der Waals surface area (Å²) in [6.45, 7) is 2.17. The number of carbonyl (C=O) groups is 2. The molecule has 0 bridgehead atoms. The summed E-state index contributed by atoms with van der Waals surface area (Å²) in [5.41, 5.74) is 8.61. The summed E-state index contributed by atoms with van der Waals surface area (Å²) in [5.74, 6) is -1.93. The highest BCUT2D eigenvalue weighted by atomic mass is 35.5. The highest BCUT2D eigenvalue weighted by Crippen LogP contribution is 2.28. The SMILES string of the molecule is Cc1ccc(C(=O)N2CCN(S(=O)(=O)c3ccc(F)c(Cl)c3)C2C(=O)NCc2cccc(CN)c2)cc1. The molecule has 11 heteroatoms. The Bertz CT molecular complexity index is 1430. The van der Waals surface area contributed by atoms with Crippen LogP contribution in [0.2, 0.25) is 5.02 Å². The Labute approximate surface area is 219 Å². The third-order valence-electron chi connectivity index (χ3n) is 6.11. The summed E-state index contributed by atoms with van der Waals surface area (Å²) in [7, 11) is -4.31. The van der Waals surface area contributed by atoms with E-state index in [1.54, 1.807) is 30.3 Å². The van der Waals surface area contributed by atoms with Gasteiger partial charge in [0.05, 0.1) is 9.92 Å². The average Bonchev–Trinajstić information content (AvgIpc) is 3.35. The van der Waals surface area contributed by atoms with Crippen LogP contribution in [0.1, 0.15) is 27.0 Å². The van der Waals surface area contributed by atoms with E-state index in [2.05, 4.69) is 5.32 Å². The molecule has 8 nitrogen and oxygen atoms in total. The molecule has 0 aromatic heterocycles. The predicted octanol–water partition coefficient (Wildman–Crippen LogP) is 3.04. The lowest BCUT2D eigenvalue weighted by Gasteiger charge is -2.29. The Kier molecular flexibility index (Phi) is 7.93. The number of halogens is 2. The van der Waals surface area contributed by atoms with Crippen molar-refractivity contribution in [2.45, 2.75) is 31.1 Å². The molecular weight excluding hydrogens is 519 g/mol. The molecule has 1 aliphatic rings. The molecule has 1 aliphatic heterocycles. The molecule has 3 aromatic rings. The number of nitrogens with two attached hydrogens (primary N) is 1. The molecule has 194 valence electrons. The van der Waals surface area contributed by atoms with Gasteiger partial charge in [0, 0.05) is 31.7 Å². The molecule has 37 heavy (non-hydrogen) atoms. The summed E-state index contributed by atoms with van der Waals surface area (Å²) in [6.07, 6.45) is -1.46. The second kappa shape index (κ2) is 11.0. The van der Waals surface area contributed by atoms with Gasteiger partial charge in [0.2, 0.25) is 10.0 Å². The molecule has 0 aliphatic carbocycles. The van der Waals surface area contributed by atoms with Crippen molar-refractivity contribution in [3.8, 4) is 0 Å². The lowest BCUT2D eigenvalue weighted by atomic mass is 10.1. The van der Waals surface area contributed by atoms with Gasteiger partial charge in [-0.05, 0) is 48.4 Å². The Morgan fingerprint density at radius 2 is 1.76 bits per heavy atom. The molecule has 1 fully saturated rings. The topological polar surface area (TPSA) is 113 Å². The van der Waals surface area contributed by atoms with Crippen LogP contribution >= 0.6 is 11.6 Å². The van der Waals surface area contributed by atoms with E-state index in [4.69, 9.17) is 17.3 Å². The maximum atomic E-state index is 13.7. The summed E-state index contributed by atoms with van der Waals surface area (Å²) < 4.78 is 41.7. The average molecular weight is 545 g/mol. The number of rotatable bonds is 7. The zero-order chi connectivity index (χ0) is 26.7. The largest absolute Gasteiger partial charge is 0.349 e. The number of benzene rings is 3. The third kappa shape index (κ3) is 5.67. The van der Waals surface area contributed by atoms with E-state index < -0.39 is 33.8 Å². The van der Waals surface area contributed by atoms with Crippen LogP contribution in [-0.4, -0.2) is 48.7 Å². The van der Waals surface area contributed by atoms with Crippen LogP contribution in [0, 0.1) is 12.7 Å². The molecule has 3 N–H and O–H groups in total. The number of nitrogens with zero attached hydrogens (tertiary/aromatic N) is 2. The van der Waals surface area contributed by atoms with E-state index in [0.717, 1.165) is 39.2 Å². The Hall–Kier alpha value is -3.31. The first-order chi connectivity index (χ1) is 17.6. The van der Waals surface area contributed by atoms with E-state index >= 15 is 0 Å². The van der Waals surface area contributed by atoms with Gasteiger partial charge in [-0.25, -0.2) is 12.8 Å². The molecule has 1 unspecified atom stereocenters. The standard InChI is InChI=1S/C26H26ClFN4O4S/c1-17-5-7-20(8-6-17)26(34)31-11-12-32(37(35,36)21-9-10-23(28)22(27)14-21)25(31)24(33)30-16-19-4-2-3-18(13-19)15-29/h2-10,13-14,25H,11-12,15-16,29H2,1H3,(H,30,33). The first kappa shape index (κ1) is 26.7. The number of hydrogen-bond donors (Lipinski definition) is 2. The van der Waals surface area contributed by atoms with E-state index in [1.165, 1.54) is 4.90 Å². The van der Waals surface area contributed by atoms with Gasteiger partial charge in [-0.3, -0.25) is 9.59 Å². The Balaban J connectivity index is 1.66. The lowest BCUT2D eigenvalue weighted by Crippen LogP contribution is -2.53. The van der Waals surface area contributed by atoms with Crippen LogP contribution in [0.4, 0.5) is 4.39 Å². The van der Waals surface area contributed by atoms with Gasteiger partial charge in [0.25, 0.3) is 11.8 Å². The first-order valence-electron chi connectivity index (χ1n) is 11.5. The molecule has 1 saturated heterocycles. The van der Waals surface area contributed by atoms with Gasteiger partial charge in [0.1, 0.15) is 5.82 Å². The zero-order valence-corrected chi connectivity index (χ0v) is 21.6. The van der Waals surface area contributed by atoms with Crippen molar-refractivity contribution in [1.82, 2.24) is 14.5 Å². The number of aryl methyl sites for hydroxylation is 1. The van der Waals surface area contributed by atoms with Crippen molar-refractivity contribution in [3.63, 3.8) is 0 Å². The van der Waals surface area contributed by atoms with Gasteiger partial charge in [0.15, 0.2) is 6.17 Å². The minimum absolute atomic E-state index is 0.0123. The van der Waals surface area contributed by atoms with E-state index in [-0.39, 0.29) is 29.6 Å². The molecule has 3 aromatic carbocycles. The Morgan fingerprint density at radius 3 is 2.43 bits per heavy atom. The summed E-state index contributed by atoms with van der Waals surface area (Å²) >= 11 is 5.83. The fourth-order valence-corrected chi connectivity index (χ4v) is 5.94. The number of amides is 2. The molecule has 2 amide bonds. The fraction of sp³-hybridized carbons (Fsp3) is 0.231. The molecule has 0 spiro atoms. The summed E-state index contributed by atoms with van der Waals surface area (Å²) in [6, 6.07) is 17.1. The lowest BCUT2D eigenvalue weighted by molar-refractivity contribution is -0.127. The maximum absolute atomic E-state index is 13.7. The molecule has 0 radical (unpaired) electrons. The predicted molar refractivity (Wildman–Crippen MR) is 137 cm³/mol. The second-order valence-electron chi connectivity index (χ2n) is 8.67. The normalized spacial score (nSPS) is 16.1. The minimum Gasteiger partial charge on any atom is -0.349 e.